The summed E-state index contributed by atoms with van der Waals surface area (Å²) < 4.78 is 10.5. The normalized spacial score (nSPS) is 18.7. The summed E-state index contributed by atoms with van der Waals surface area (Å²) >= 11 is 0. The van der Waals surface area contributed by atoms with Crippen LogP contribution < -0.4 is 16.4 Å². The molecule has 3 rings (SSSR count). The van der Waals surface area contributed by atoms with Gasteiger partial charge in [-0.3, -0.25) is 4.79 Å². The molecule has 0 bridgehead atoms. The second-order valence-corrected chi connectivity index (χ2v) is 7.98. The Morgan fingerprint density at radius 2 is 1.47 bits per heavy atom. The van der Waals surface area contributed by atoms with Gasteiger partial charge in [0.05, 0.1) is 0 Å². The van der Waals surface area contributed by atoms with Crippen LogP contribution in [0.5, 0.6) is 0 Å². The quantitative estimate of drug-likeness (QED) is 0.489. The zero-order valence-corrected chi connectivity index (χ0v) is 18.0. The van der Waals surface area contributed by atoms with E-state index in [1.165, 1.54) is 6.92 Å². The predicted molar refractivity (Wildman–Crippen MR) is 118 cm³/mol. The predicted octanol–water partition coefficient (Wildman–Crippen LogP) is 2.27. The van der Waals surface area contributed by atoms with Crippen molar-refractivity contribution < 1.29 is 23.9 Å². The molecule has 32 heavy (non-hydrogen) atoms. The van der Waals surface area contributed by atoms with Crippen molar-refractivity contribution in [3.8, 4) is 0 Å². The van der Waals surface area contributed by atoms with Crippen LogP contribution in [0.4, 0.5) is 4.79 Å². The number of amides is 2. The van der Waals surface area contributed by atoms with Gasteiger partial charge in [0.15, 0.2) is 0 Å². The summed E-state index contributed by atoms with van der Waals surface area (Å²) in [5.41, 5.74) is 7.57. The van der Waals surface area contributed by atoms with Crippen molar-refractivity contribution in [2.45, 2.75) is 51.1 Å². The molecule has 4 N–H and O–H groups in total. The number of carbonyl (C=O) groups excluding carboxylic acids is 3. The van der Waals surface area contributed by atoms with Crippen LogP contribution in [0.3, 0.4) is 0 Å². The van der Waals surface area contributed by atoms with Gasteiger partial charge in [-0.2, -0.15) is 0 Å². The summed E-state index contributed by atoms with van der Waals surface area (Å²) in [4.78, 5) is 37.3. The molecule has 0 unspecified atom stereocenters. The van der Waals surface area contributed by atoms with Gasteiger partial charge < -0.3 is 25.8 Å². The first kappa shape index (κ1) is 23.3. The minimum atomic E-state index is -0.893. The Hall–Kier alpha value is -3.39. The molecule has 1 fully saturated rings. The summed E-state index contributed by atoms with van der Waals surface area (Å²) in [6.45, 7) is 1.73. The maximum absolute atomic E-state index is 12.6. The fourth-order valence-electron chi connectivity index (χ4n) is 3.19. The number of rotatable bonds is 10. The highest BCUT2D eigenvalue weighted by Gasteiger charge is 2.38. The molecule has 0 spiro atoms. The van der Waals surface area contributed by atoms with Gasteiger partial charge in [0.2, 0.25) is 5.91 Å². The van der Waals surface area contributed by atoms with E-state index in [-0.39, 0.29) is 25.2 Å². The molecule has 2 aromatic carbocycles. The number of nitrogens with one attached hydrogen (secondary N) is 2. The highest BCUT2D eigenvalue weighted by molar-refractivity contribution is 5.89. The van der Waals surface area contributed by atoms with Crippen molar-refractivity contribution in [2.75, 3.05) is 0 Å². The van der Waals surface area contributed by atoms with Crippen molar-refractivity contribution in [2.24, 2.45) is 11.7 Å². The first-order valence-electron chi connectivity index (χ1n) is 10.7. The molecular formula is C24H29N3O5. The van der Waals surface area contributed by atoms with Gasteiger partial charge in [0, 0.05) is 6.04 Å². The number of hydrogen-bond acceptors (Lipinski definition) is 6. The minimum absolute atomic E-state index is 0.0276. The molecule has 0 heterocycles. The van der Waals surface area contributed by atoms with Crippen molar-refractivity contribution >= 4 is 18.0 Å². The summed E-state index contributed by atoms with van der Waals surface area (Å²) in [6, 6.07) is 16.8. The van der Waals surface area contributed by atoms with Crippen molar-refractivity contribution in [3.63, 3.8) is 0 Å². The summed E-state index contributed by atoms with van der Waals surface area (Å²) in [6.07, 6.45) is 0.479. The Kier molecular flexibility index (Phi) is 8.21. The van der Waals surface area contributed by atoms with E-state index < -0.39 is 30.1 Å². The average Bonchev–Trinajstić information content (AvgIpc) is 3.51. The number of ether oxygens (including phenoxy) is 2. The zero-order chi connectivity index (χ0) is 22.9. The fraction of sp³-hybridized carbons (Fsp3) is 0.375. The molecule has 8 nitrogen and oxygen atoms in total. The molecule has 0 radical (unpaired) electrons. The smallest absolute Gasteiger partial charge is 0.408 e. The van der Waals surface area contributed by atoms with Crippen LogP contribution in [0.1, 0.15) is 30.9 Å². The number of esters is 1. The summed E-state index contributed by atoms with van der Waals surface area (Å²) in [5.74, 6) is -0.874. The fourth-order valence-corrected chi connectivity index (χ4v) is 3.19. The van der Waals surface area contributed by atoms with E-state index >= 15 is 0 Å². The second-order valence-electron chi connectivity index (χ2n) is 7.98. The third kappa shape index (κ3) is 7.39. The lowest BCUT2D eigenvalue weighted by Crippen LogP contribution is -2.51. The van der Waals surface area contributed by atoms with Crippen LogP contribution in [0, 0.1) is 5.92 Å². The zero-order valence-electron chi connectivity index (χ0n) is 18.0. The van der Waals surface area contributed by atoms with Gasteiger partial charge in [-0.15, -0.1) is 0 Å². The third-order valence-corrected chi connectivity index (χ3v) is 5.28. The molecule has 2 aromatic rings. The number of hydrogen-bond donors (Lipinski definition) is 3. The van der Waals surface area contributed by atoms with E-state index in [9.17, 15) is 14.4 Å². The topological polar surface area (TPSA) is 120 Å². The van der Waals surface area contributed by atoms with E-state index in [4.69, 9.17) is 15.2 Å². The largest absolute Gasteiger partial charge is 0.459 e. The average molecular weight is 440 g/mol. The lowest BCUT2D eigenvalue weighted by Gasteiger charge is -2.20. The van der Waals surface area contributed by atoms with Gasteiger partial charge in [-0.05, 0) is 36.8 Å². The molecule has 2 amide bonds. The molecule has 4 atom stereocenters. The third-order valence-electron chi connectivity index (χ3n) is 5.28. The maximum Gasteiger partial charge on any atom is 0.408 e. The van der Waals surface area contributed by atoms with Gasteiger partial charge in [-0.1, -0.05) is 60.7 Å². The van der Waals surface area contributed by atoms with E-state index in [0.29, 0.717) is 6.42 Å². The van der Waals surface area contributed by atoms with Gasteiger partial charge in [-0.25, -0.2) is 9.59 Å². The maximum atomic E-state index is 12.6. The summed E-state index contributed by atoms with van der Waals surface area (Å²) in [7, 11) is 0. The van der Waals surface area contributed by atoms with Crippen molar-refractivity contribution in [1.82, 2.24) is 10.6 Å². The monoisotopic (exact) mass is 439 g/mol. The molecule has 0 aromatic heterocycles. The number of carbonyl (C=O) groups is 3. The van der Waals surface area contributed by atoms with Gasteiger partial charge in [0.25, 0.3) is 0 Å². The SMILES string of the molecule is C[C@H](NC(=O)OCc1ccccc1)C(=O)N[C@@H](C[C@H]1C[C@@H]1N)C(=O)OCc1ccccc1. The van der Waals surface area contributed by atoms with Gasteiger partial charge in [0.1, 0.15) is 25.3 Å². The Balaban J connectivity index is 1.49. The van der Waals surface area contributed by atoms with Crippen LogP contribution in [0.15, 0.2) is 60.7 Å². The highest BCUT2D eigenvalue weighted by atomic mass is 16.5. The molecular weight excluding hydrogens is 410 g/mol. The first-order valence-corrected chi connectivity index (χ1v) is 10.7. The van der Waals surface area contributed by atoms with Gasteiger partial charge >= 0.3 is 12.1 Å². The Bertz CT molecular complexity index is 906. The van der Waals surface area contributed by atoms with Crippen LogP contribution in [-0.4, -0.2) is 36.1 Å². The van der Waals surface area contributed by atoms with Crippen LogP contribution in [-0.2, 0) is 32.3 Å². The second kappa shape index (κ2) is 11.3. The van der Waals surface area contributed by atoms with Crippen molar-refractivity contribution in [1.29, 1.82) is 0 Å². The molecule has 8 heteroatoms. The number of benzene rings is 2. The van der Waals surface area contributed by atoms with E-state index in [0.717, 1.165) is 17.5 Å². The highest BCUT2D eigenvalue weighted by Crippen LogP contribution is 2.32. The molecule has 1 aliphatic rings. The molecule has 0 aliphatic heterocycles. The van der Waals surface area contributed by atoms with Crippen molar-refractivity contribution in [3.05, 3.63) is 71.8 Å². The van der Waals surface area contributed by atoms with Crippen LogP contribution in [0.2, 0.25) is 0 Å². The lowest BCUT2D eigenvalue weighted by molar-refractivity contribution is -0.149. The number of alkyl carbamates (subject to hydrolysis) is 1. The number of nitrogens with two attached hydrogens (primary N) is 1. The summed E-state index contributed by atoms with van der Waals surface area (Å²) in [5, 5.41) is 5.16. The van der Waals surface area contributed by atoms with Crippen LogP contribution >= 0.6 is 0 Å². The van der Waals surface area contributed by atoms with E-state index in [1.54, 1.807) is 0 Å². The standard InChI is InChI=1S/C24H29N3O5/c1-16(26-24(30)32-15-18-10-6-3-7-11-18)22(28)27-21(13-19-12-20(19)25)23(29)31-14-17-8-4-2-5-9-17/h2-11,16,19-21H,12-15,25H2,1H3,(H,26,30)(H,27,28)/t16-,19+,20-,21-/m0/s1. The molecule has 0 saturated heterocycles. The molecule has 170 valence electrons. The Morgan fingerprint density at radius 1 is 0.938 bits per heavy atom. The lowest BCUT2D eigenvalue weighted by atomic mass is 10.1. The Morgan fingerprint density at radius 3 is 2.00 bits per heavy atom. The van der Waals surface area contributed by atoms with Crippen LogP contribution in [0.25, 0.3) is 0 Å². The molecule has 1 saturated carbocycles. The van der Waals surface area contributed by atoms with E-state index in [1.807, 2.05) is 60.7 Å². The Labute approximate surface area is 187 Å². The molecule has 1 aliphatic carbocycles. The minimum Gasteiger partial charge on any atom is -0.459 e. The first-order chi connectivity index (χ1) is 15.4. The van der Waals surface area contributed by atoms with E-state index in [2.05, 4.69) is 10.6 Å².